The Morgan fingerprint density at radius 1 is 1.50 bits per heavy atom. The van der Waals surface area contributed by atoms with Gasteiger partial charge in [0.15, 0.2) is 0 Å². The van der Waals surface area contributed by atoms with Crippen LogP contribution in [0.25, 0.3) is 0 Å². The van der Waals surface area contributed by atoms with Crippen LogP contribution in [-0.2, 0) is 0 Å². The first-order valence-electron chi connectivity index (χ1n) is 4.52. The summed E-state index contributed by atoms with van der Waals surface area (Å²) in [5, 5.41) is 0. The van der Waals surface area contributed by atoms with Crippen molar-refractivity contribution in [3.05, 3.63) is 35.3 Å². The molecule has 76 valence electrons. The highest BCUT2D eigenvalue weighted by Gasteiger charge is 1.99. The van der Waals surface area contributed by atoms with Gasteiger partial charge in [0.25, 0.3) is 0 Å². The minimum atomic E-state index is 0.798. The maximum atomic E-state index is 5.65. The number of anilines is 1. The summed E-state index contributed by atoms with van der Waals surface area (Å²) in [6.07, 6.45) is 4.21. The molecular formula is C11H14BrNS. The Morgan fingerprint density at radius 3 is 2.93 bits per heavy atom. The fourth-order valence-electron chi connectivity index (χ4n) is 1.04. The van der Waals surface area contributed by atoms with Crippen LogP contribution in [0.5, 0.6) is 0 Å². The molecule has 0 radical (unpaired) electrons. The molecule has 0 aromatic heterocycles. The summed E-state index contributed by atoms with van der Waals surface area (Å²) in [7, 11) is 0. The van der Waals surface area contributed by atoms with E-state index in [0.29, 0.717) is 0 Å². The molecule has 3 heteroatoms. The number of halogens is 1. The molecule has 0 aliphatic rings. The van der Waals surface area contributed by atoms with Crippen LogP contribution >= 0.6 is 27.7 Å². The predicted octanol–water partition coefficient (Wildman–Crippen LogP) is 4.09. The van der Waals surface area contributed by atoms with Crippen molar-refractivity contribution in [2.75, 3.05) is 11.5 Å². The van der Waals surface area contributed by atoms with Gasteiger partial charge in [0.2, 0.25) is 0 Å². The molecule has 1 rings (SSSR count). The van der Waals surface area contributed by atoms with Gasteiger partial charge in [-0.05, 0) is 52.7 Å². The Kier molecular flexibility index (Phi) is 5.12. The molecule has 0 saturated heterocycles. The monoisotopic (exact) mass is 271 g/mol. The molecule has 0 saturated carbocycles. The van der Waals surface area contributed by atoms with Crippen LogP contribution in [-0.4, -0.2) is 5.75 Å². The lowest BCUT2D eigenvalue weighted by Crippen LogP contribution is -1.85. The number of hydrogen-bond donors (Lipinski definition) is 1. The van der Waals surface area contributed by atoms with Crippen molar-refractivity contribution < 1.29 is 0 Å². The smallest absolute Gasteiger partial charge is 0.0331 e. The van der Waals surface area contributed by atoms with Crippen LogP contribution in [0.2, 0.25) is 0 Å². The number of benzene rings is 1. The Balaban J connectivity index is 2.46. The van der Waals surface area contributed by atoms with Crippen LogP contribution in [0.3, 0.4) is 0 Å². The number of hydrogen-bond acceptors (Lipinski definition) is 2. The molecule has 0 aliphatic heterocycles. The number of allylic oxidation sites excluding steroid dienone is 1. The van der Waals surface area contributed by atoms with Crippen LogP contribution in [0, 0.1) is 0 Å². The first-order chi connectivity index (χ1) is 6.74. The highest BCUT2D eigenvalue weighted by atomic mass is 79.9. The van der Waals surface area contributed by atoms with Crippen molar-refractivity contribution in [1.82, 2.24) is 0 Å². The largest absolute Gasteiger partial charge is 0.399 e. The van der Waals surface area contributed by atoms with Crippen molar-refractivity contribution in [3.63, 3.8) is 0 Å². The normalized spacial score (nSPS) is 10.1. The maximum Gasteiger partial charge on any atom is 0.0331 e. The quantitative estimate of drug-likeness (QED) is 0.378. The summed E-state index contributed by atoms with van der Waals surface area (Å²) >= 11 is 5.34. The van der Waals surface area contributed by atoms with Gasteiger partial charge in [-0.2, -0.15) is 0 Å². The van der Waals surface area contributed by atoms with E-state index >= 15 is 0 Å². The van der Waals surface area contributed by atoms with Crippen molar-refractivity contribution in [2.45, 2.75) is 17.7 Å². The molecule has 1 nitrogen and oxygen atoms in total. The molecule has 0 amide bonds. The van der Waals surface area contributed by atoms with E-state index < -0.39 is 0 Å². The average Bonchev–Trinajstić information content (AvgIpc) is 2.15. The zero-order valence-corrected chi connectivity index (χ0v) is 10.4. The van der Waals surface area contributed by atoms with E-state index in [0.717, 1.165) is 22.3 Å². The number of rotatable bonds is 5. The van der Waals surface area contributed by atoms with E-state index in [9.17, 15) is 0 Å². The molecule has 0 fully saturated rings. The average molecular weight is 272 g/mol. The Labute approximate surface area is 97.9 Å². The first-order valence-corrected chi connectivity index (χ1v) is 6.30. The molecule has 14 heavy (non-hydrogen) atoms. The lowest BCUT2D eigenvalue weighted by atomic mass is 10.3. The third-order valence-corrected chi connectivity index (χ3v) is 3.84. The van der Waals surface area contributed by atoms with Gasteiger partial charge in [0.05, 0.1) is 0 Å². The molecule has 1 aromatic rings. The summed E-state index contributed by atoms with van der Waals surface area (Å²) in [6, 6.07) is 5.93. The van der Waals surface area contributed by atoms with Gasteiger partial charge in [0, 0.05) is 15.1 Å². The Bertz CT molecular complexity index is 312. The topological polar surface area (TPSA) is 26.0 Å². The summed E-state index contributed by atoms with van der Waals surface area (Å²) in [5.41, 5.74) is 6.45. The zero-order valence-electron chi connectivity index (χ0n) is 8.00. The lowest BCUT2D eigenvalue weighted by molar-refractivity contribution is 0.973. The minimum Gasteiger partial charge on any atom is -0.399 e. The van der Waals surface area contributed by atoms with Gasteiger partial charge in [-0.1, -0.05) is 6.08 Å². The number of thioether (sulfide) groups is 1. The molecule has 0 atom stereocenters. The van der Waals surface area contributed by atoms with E-state index in [1.54, 1.807) is 0 Å². The van der Waals surface area contributed by atoms with Crippen LogP contribution in [0.4, 0.5) is 5.69 Å². The fourth-order valence-corrected chi connectivity index (χ4v) is 2.68. The van der Waals surface area contributed by atoms with Crippen LogP contribution in [0.1, 0.15) is 12.8 Å². The SMILES string of the molecule is C=CCCCSc1ccc(N)cc1Br. The second-order valence-corrected chi connectivity index (χ2v) is 4.96. The van der Waals surface area contributed by atoms with E-state index in [1.165, 1.54) is 11.3 Å². The maximum absolute atomic E-state index is 5.65. The first kappa shape index (κ1) is 11.7. The molecule has 2 N–H and O–H groups in total. The van der Waals surface area contributed by atoms with Gasteiger partial charge < -0.3 is 5.73 Å². The van der Waals surface area contributed by atoms with E-state index in [2.05, 4.69) is 28.6 Å². The van der Waals surface area contributed by atoms with Crippen molar-refractivity contribution in [2.24, 2.45) is 0 Å². The third-order valence-electron chi connectivity index (χ3n) is 1.77. The molecular weight excluding hydrogens is 258 g/mol. The minimum absolute atomic E-state index is 0.798. The van der Waals surface area contributed by atoms with Crippen molar-refractivity contribution in [3.8, 4) is 0 Å². The highest BCUT2D eigenvalue weighted by Crippen LogP contribution is 2.29. The summed E-state index contributed by atoms with van der Waals surface area (Å²) in [5.74, 6) is 1.12. The molecule has 0 unspecified atom stereocenters. The summed E-state index contributed by atoms with van der Waals surface area (Å²) in [6.45, 7) is 3.70. The predicted molar refractivity (Wildman–Crippen MR) is 68.7 cm³/mol. The zero-order chi connectivity index (χ0) is 10.4. The second kappa shape index (κ2) is 6.14. The molecule has 0 aliphatic carbocycles. The number of nitrogens with two attached hydrogens (primary N) is 1. The lowest BCUT2D eigenvalue weighted by Gasteiger charge is -2.04. The molecule has 0 spiro atoms. The summed E-state index contributed by atoms with van der Waals surface area (Å²) in [4.78, 5) is 1.25. The second-order valence-electron chi connectivity index (χ2n) is 2.97. The number of nitrogen functional groups attached to an aromatic ring is 1. The third kappa shape index (κ3) is 3.76. The van der Waals surface area contributed by atoms with E-state index in [1.807, 2.05) is 30.0 Å². The summed E-state index contributed by atoms with van der Waals surface area (Å²) < 4.78 is 1.08. The van der Waals surface area contributed by atoms with Gasteiger partial charge >= 0.3 is 0 Å². The van der Waals surface area contributed by atoms with E-state index in [4.69, 9.17) is 5.73 Å². The number of unbranched alkanes of at least 4 members (excludes halogenated alkanes) is 1. The fraction of sp³-hybridized carbons (Fsp3) is 0.273. The molecule has 1 aromatic carbocycles. The van der Waals surface area contributed by atoms with Crippen molar-refractivity contribution in [1.29, 1.82) is 0 Å². The molecule has 0 heterocycles. The van der Waals surface area contributed by atoms with Crippen LogP contribution in [0.15, 0.2) is 40.2 Å². The van der Waals surface area contributed by atoms with Gasteiger partial charge in [-0.3, -0.25) is 0 Å². The highest BCUT2D eigenvalue weighted by molar-refractivity contribution is 9.10. The Morgan fingerprint density at radius 2 is 2.29 bits per heavy atom. The standard InChI is InChI=1S/C11H14BrNS/c1-2-3-4-7-14-11-6-5-9(13)8-10(11)12/h2,5-6,8H,1,3-4,7,13H2. The van der Waals surface area contributed by atoms with Gasteiger partial charge in [-0.15, -0.1) is 18.3 Å². The molecule has 0 bridgehead atoms. The van der Waals surface area contributed by atoms with E-state index in [-0.39, 0.29) is 0 Å². The van der Waals surface area contributed by atoms with Crippen LogP contribution < -0.4 is 5.73 Å². The van der Waals surface area contributed by atoms with Gasteiger partial charge in [-0.25, -0.2) is 0 Å². The Hall–Kier alpha value is -0.410. The van der Waals surface area contributed by atoms with Crippen molar-refractivity contribution >= 4 is 33.4 Å². The van der Waals surface area contributed by atoms with Gasteiger partial charge in [0.1, 0.15) is 0 Å².